The molecule has 1 fully saturated rings. The van der Waals surface area contributed by atoms with E-state index in [1.165, 1.54) is 12.8 Å². The van der Waals surface area contributed by atoms with Crippen molar-refractivity contribution >= 4 is 5.91 Å². The van der Waals surface area contributed by atoms with Crippen LogP contribution in [0.2, 0.25) is 0 Å². The van der Waals surface area contributed by atoms with E-state index in [0.29, 0.717) is 6.61 Å². The van der Waals surface area contributed by atoms with Crippen molar-refractivity contribution in [3.8, 4) is 0 Å². The van der Waals surface area contributed by atoms with Gasteiger partial charge in [-0.05, 0) is 39.3 Å². The second kappa shape index (κ2) is 7.67. The third-order valence-corrected chi connectivity index (χ3v) is 3.72. The fourth-order valence-electron chi connectivity index (χ4n) is 2.59. The van der Waals surface area contributed by atoms with E-state index in [2.05, 4.69) is 10.6 Å². The number of carbonyl (C=O) groups is 1. The second-order valence-corrected chi connectivity index (χ2v) is 4.94. The molecule has 0 spiro atoms. The maximum atomic E-state index is 12.2. The van der Waals surface area contributed by atoms with Gasteiger partial charge in [-0.25, -0.2) is 0 Å². The number of hydrogen-bond donors (Lipinski definition) is 2. The lowest BCUT2D eigenvalue weighted by Crippen LogP contribution is -2.40. The van der Waals surface area contributed by atoms with E-state index >= 15 is 0 Å². The van der Waals surface area contributed by atoms with Gasteiger partial charge in [-0.15, -0.1) is 0 Å². The monoisotopic (exact) mass is 242 g/mol. The third-order valence-electron chi connectivity index (χ3n) is 3.72. The van der Waals surface area contributed by atoms with Gasteiger partial charge in [0.2, 0.25) is 5.91 Å². The van der Waals surface area contributed by atoms with Crippen LogP contribution in [0.25, 0.3) is 0 Å². The first-order chi connectivity index (χ1) is 8.25. The van der Waals surface area contributed by atoms with Crippen LogP contribution in [0.3, 0.4) is 0 Å². The molecule has 0 unspecified atom stereocenters. The predicted octanol–water partition coefficient (Wildman–Crippen LogP) is 1.31. The smallest absolute Gasteiger partial charge is 0.226 e. The van der Waals surface area contributed by atoms with Crippen molar-refractivity contribution in [1.82, 2.24) is 10.6 Å². The highest BCUT2D eigenvalue weighted by atomic mass is 16.5. The standard InChI is InChI=1S/C13H26N2O2/c1-14-9-5-10-15-12(16)13(8-11-17-2)6-3-4-7-13/h14H,3-11H2,1-2H3,(H,15,16). The molecule has 0 bridgehead atoms. The number of carbonyl (C=O) groups excluding carboxylic acids is 1. The average molecular weight is 242 g/mol. The lowest BCUT2D eigenvalue weighted by molar-refractivity contribution is -0.131. The van der Waals surface area contributed by atoms with Crippen molar-refractivity contribution in [2.45, 2.75) is 38.5 Å². The maximum Gasteiger partial charge on any atom is 0.226 e. The van der Waals surface area contributed by atoms with Crippen molar-refractivity contribution in [2.24, 2.45) is 5.41 Å². The molecule has 1 rings (SSSR count). The predicted molar refractivity (Wildman–Crippen MR) is 68.9 cm³/mol. The van der Waals surface area contributed by atoms with Gasteiger partial charge in [0.25, 0.3) is 0 Å². The third kappa shape index (κ3) is 4.28. The Morgan fingerprint density at radius 2 is 2.00 bits per heavy atom. The first-order valence-electron chi connectivity index (χ1n) is 6.67. The summed E-state index contributed by atoms with van der Waals surface area (Å²) in [5.74, 6) is 0.239. The van der Waals surface area contributed by atoms with Crippen LogP contribution in [-0.2, 0) is 9.53 Å². The van der Waals surface area contributed by atoms with E-state index < -0.39 is 0 Å². The number of nitrogens with one attached hydrogen (secondary N) is 2. The van der Waals surface area contributed by atoms with Gasteiger partial charge in [-0.3, -0.25) is 4.79 Å². The highest BCUT2D eigenvalue weighted by Crippen LogP contribution is 2.41. The zero-order chi connectivity index (χ0) is 12.6. The van der Waals surface area contributed by atoms with Crippen molar-refractivity contribution in [2.75, 3.05) is 33.9 Å². The van der Waals surface area contributed by atoms with E-state index in [1.807, 2.05) is 7.05 Å². The summed E-state index contributed by atoms with van der Waals surface area (Å²) in [5.41, 5.74) is -0.143. The summed E-state index contributed by atoms with van der Waals surface area (Å²) < 4.78 is 5.13. The van der Waals surface area contributed by atoms with Crippen LogP contribution >= 0.6 is 0 Å². The summed E-state index contributed by atoms with van der Waals surface area (Å²) in [7, 11) is 3.63. The summed E-state index contributed by atoms with van der Waals surface area (Å²) in [6, 6.07) is 0. The van der Waals surface area contributed by atoms with Crippen molar-refractivity contribution in [3.05, 3.63) is 0 Å². The van der Waals surface area contributed by atoms with Gasteiger partial charge < -0.3 is 15.4 Å². The lowest BCUT2D eigenvalue weighted by Gasteiger charge is -2.27. The Balaban J connectivity index is 2.38. The molecule has 1 saturated carbocycles. The highest BCUT2D eigenvalue weighted by molar-refractivity contribution is 5.82. The lowest BCUT2D eigenvalue weighted by atomic mass is 9.82. The summed E-state index contributed by atoms with van der Waals surface area (Å²) >= 11 is 0. The zero-order valence-corrected chi connectivity index (χ0v) is 11.2. The van der Waals surface area contributed by atoms with Crippen LogP contribution in [0, 0.1) is 5.41 Å². The molecule has 0 radical (unpaired) electrons. The van der Waals surface area contributed by atoms with Crippen molar-refractivity contribution < 1.29 is 9.53 Å². The molecule has 0 aromatic carbocycles. The number of hydrogen-bond acceptors (Lipinski definition) is 3. The first kappa shape index (κ1) is 14.5. The number of ether oxygens (including phenoxy) is 1. The molecule has 0 heterocycles. The Morgan fingerprint density at radius 1 is 1.29 bits per heavy atom. The number of rotatable bonds is 8. The number of methoxy groups -OCH3 is 1. The Morgan fingerprint density at radius 3 is 2.59 bits per heavy atom. The van der Waals surface area contributed by atoms with E-state index in [0.717, 1.165) is 38.8 Å². The van der Waals surface area contributed by atoms with Crippen LogP contribution in [-0.4, -0.2) is 39.8 Å². The van der Waals surface area contributed by atoms with Crippen molar-refractivity contribution in [1.29, 1.82) is 0 Å². The van der Waals surface area contributed by atoms with Crippen LogP contribution in [0.5, 0.6) is 0 Å². The molecular weight excluding hydrogens is 216 g/mol. The Hall–Kier alpha value is -0.610. The van der Waals surface area contributed by atoms with Crippen LogP contribution < -0.4 is 10.6 Å². The van der Waals surface area contributed by atoms with E-state index in [-0.39, 0.29) is 11.3 Å². The Bertz CT molecular complexity index is 225. The molecule has 0 aromatic rings. The van der Waals surface area contributed by atoms with Gasteiger partial charge in [-0.1, -0.05) is 12.8 Å². The molecule has 17 heavy (non-hydrogen) atoms. The summed E-state index contributed by atoms with van der Waals surface area (Å²) in [6.45, 7) is 2.41. The molecule has 100 valence electrons. The molecule has 0 atom stereocenters. The summed E-state index contributed by atoms with van der Waals surface area (Å²) in [5, 5.41) is 6.16. The van der Waals surface area contributed by atoms with Gasteiger partial charge >= 0.3 is 0 Å². The Labute approximate surface area is 104 Å². The molecule has 1 aliphatic rings. The fourth-order valence-corrected chi connectivity index (χ4v) is 2.59. The maximum absolute atomic E-state index is 12.2. The van der Waals surface area contributed by atoms with Gasteiger partial charge in [0.15, 0.2) is 0 Å². The molecule has 4 heteroatoms. The SMILES string of the molecule is CNCCCNC(=O)C1(CCOC)CCCC1. The summed E-state index contributed by atoms with van der Waals surface area (Å²) in [4.78, 5) is 12.2. The highest BCUT2D eigenvalue weighted by Gasteiger charge is 2.40. The van der Waals surface area contributed by atoms with Crippen LogP contribution in [0.15, 0.2) is 0 Å². The first-order valence-corrected chi connectivity index (χ1v) is 6.67. The average Bonchev–Trinajstić information content (AvgIpc) is 2.82. The zero-order valence-electron chi connectivity index (χ0n) is 11.2. The molecule has 0 aliphatic heterocycles. The summed E-state index contributed by atoms with van der Waals surface area (Å²) in [6.07, 6.45) is 6.24. The molecule has 1 aliphatic carbocycles. The minimum atomic E-state index is -0.143. The molecule has 2 N–H and O–H groups in total. The fraction of sp³-hybridized carbons (Fsp3) is 0.923. The minimum absolute atomic E-state index is 0.143. The second-order valence-electron chi connectivity index (χ2n) is 4.94. The molecule has 4 nitrogen and oxygen atoms in total. The normalized spacial score (nSPS) is 18.2. The minimum Gasteiger partial charge on any atom is -0.385 e. The van der Waals surface area contributed by atoms with E-state index in [9.17, 15) is 4.79 Å². The van der Waals surface area contributed by atoms with Gasteiger partial charge in [0.1, 0.15) is 0 Å². The quantitative estimate of drug-likeness (QED) is 0.631. The van der Waals surface area contributed by atoms with Gasteiger partial charge in [0.05, 0.1) is 5.41 Å². The van der Waals surface area contributed by atoms with Gasteiger partial charge in [0, 0.05) is 20.3 Å². The number of amides is 1. The van der Waals surface area contributed by atoms with E-state index in [1.54, 1.807) is 7.11 Å². The van der Waals surface area contributed by atoms with E-state index in [4.69, 9.17) is 4.74 Å². The van der Waals surface area contributed by atoms with Gasteiger partial charge in [-0.2, -0.15) is 0 Å². The van der Waals surface area contributed by atoms with Crippen LogP contribution in [0.4, 0.5) is 0 Å². The topological polar surface area (TPSA) is 50.4 Å². The molecule has 1 amide bonds. The molecule has 0 aromatic heterocycles. The van der Waals surface area contributed by atoms with Crippen molar-refractivity contribution in [3.63, 3.8) is 0 Å². The van der Waals surface area contributed by atoms with Crippen LogP contribution in [0.1, 0.15) is 38.5 Å². The molecular formula is C13H26N2O2. The largest absolute Gasteiger partial charge is 0.385 e. The molecule has 0 saturated heterocycles. The Kier molecular flexibility index (Phi) is 6.52.